The van der Waals surface area contributed by atoms with Crippen molar-refractivity contribution in [3.8, 4) is 0 Å². The van der Waals surface area contributed by atoms with Crippen LogP contribution >= 0.6 is 22.9 Å². The van der Waals surface area contributed by atoms with Crippen LogP contribution in [0.3, 0.4) is 0 Å². The molecule has 0 aliphatic carbocycles. The van der Waals surface area contributed by atoms with E-state index in [4.69, 9.17) is 16.3 Å². The molecule has 0 radical (unpaired) electrons. The molecular formula is C13H8ClN3O3S. The van der Waals surface area contributed by atoms with Crippen molar-refractivity contribution in [3.63, 3.8) is 0 Å². The van der Waals surface area contributed by atoms with Gasteiger partial charge in [0.25, 0.3) is 5.56 Å². The number of thiazole rings is 1. The van der Waals surface area contributed by atoms with Crippen LogP contribution < -0.4 is 5.56 Å². The van der Waals surface area contributed by atoms with E-state index in [0.717, 1.165) is 0 Å². The summed E-state index contributed by atoms with van der Waals surface area (Å²) in [6.45, 7) is -0.101. The quantitative estimate of drug-likeness (QED) is 0.691. The number of hydrogen-bond donors (Lipinski definition) is 0. The number of hydrogen-bond acceptors (Lipinski definition) is 6. The lowest BCUT2D eigenvalue weighted by Crippen LogP contribution is -2.15. The first-order valence-electron chi connectivity index (χ1n) is 5.88. The maximum absolute atomic E-state index is 11.8. The van der Waals surface area contributed by atoms with Gasteiger partial charge in [-0.1, -0.05) is 11.6 Å². The minimum Gasteiger partial charge on any atom is -0.454 e. The summed E-state index contributed by atoms with van der Waals surface area (Å²) in [7, 11) is 0. The van der Waals surface area contributed by atoms with E-state index in [2.05, 4.69) is 9.97 Å². The lowest BCUT2D eigenvalue weighted by molar-refractivity contribution is 0.0461. The number of pyridine rings is 1. The molecule has 0 aliphatic heterocycles. The smallest absolute Gasteiger partial charge is 0.357 e. The van der Waals surface area contributed by atoms with E-state index in [0.29, 0.717) is 15.7 Å². The van der Waals surface area contributed by atoms with Crippen molar-refractivity contribution in [3.05, 3.63) is 62.7 Å². The van der Waals surface area contributed by atoms with Gasteiger partial charge in [-0.2, -0.15) is 0 Å². The Balaban J connectivity index is 1.77. The number of ether oxygens (including phenoxy) is 1. The second kappa shape index (κ2) is 5.63. The fraction of sp³-hybridized carbons (Fsp3) is 0.0769. The van der Waals surface area contributed by atoms with Crippen LogP contribution in [0.2, 0.25) is 5.02 Å². The summed E-state index contributed by atoms with van der Waals surface area (Å²) in [6, 6.07) is 4.30. The molecule has 3 aromatic heterocycles. The standard InChI is InChI=1S/C13H8ClN3O3S/c14-8-1-2-15-10(5-8)12(19)20-7-9-6-11(18)17-3-4-21-13(17)16-9/h1-6H,7H2. The van der Waals surface area contributed by atoms with E-state index >= 15 is 0 Å². The highest BCUT2D eigenvalue weighted by atomic mass is 35.5. The van der Waals surface area contributed by atoms with Gasteiger partial charge in [-0.15, -0.1) is 11.3 Å². The zero-order valence-electron chi connectivity index (χ0n) is 10.5. The Morgan fingerprint density at radius 3 is 3.10 bits per heavy atom. The first-order valence-corrected chi connectivity index (χ1v) is 7.14. The van der Waals surface area contributed by atoms with E-state index in [1.165, 1.54) is 34.1 Å². The van der Waals surface area contributed by atoms with Crippen molar-refractivity contribution in [2.45, 2.75) is 6.61 Å². The number of aromatic nitrogens is 3. The fourth-order valence-electron chi connectivity index (χ4n) is 1.69. The topological polar surface area (TPSA) is 73.6 Å². The van der Waals surface area contributed by atoms with E-state index in [-0.39, 0.29) is 17.9 Å². The first-order chi connectivity index (χ1) is 10.1. The van der Waals surface area contributed by atoms with Gasteiger partial charge in [0.05, 0.1) is 5.69 Å². The van der Waals surface area contributed by atoms with Gasteiger partial charge >= 0.3 is 5.97 Å². The molecule has 0 amide bonds. The Kier molecular flexibility index (Phi) is 3.68. The molecule has 0 spiro atoms. The molecule has 0 aliphatic rings. The van der Waals surface area contributed by atoms with Gasteiger partial charge in [-0.3, -0.25) is 9.20 Å². The number of fused-ring (bicyclic) bond motifs is 1. The van der Waals surface area contributed by atoms with Crippen molar-refractivity contribution < 1.29 is 9.53 Å². The average Bonchev–Trinajstić information content (AvgIpc) is 2.93. The minimum atomic E-state index is -0.620. The Bertz CT molecular complexity index is 874. The van der Waals surface area contributed by atoms with Crippen LogP contribution in [0.4, 0.5) is 0 Å². The monoisotopic (exact) mass is 321 g/mol. The summed E-state index contributed by atoms with van der Waals surface area (Å²) in [5.74, 6) is -0.620. The van der Waals surface area contributed by atoms with Gasteiger partial charge in [0, 0.05) is 28.9 Å². The number of nitrogens with zero attached hydrogens (tertiary/aromatic N) is 3. The zero-order chi connectivity index (χ0) is 14.8. The SMILES string of the molecule is O=C(OCc1cc(=O)n2ccsc2n1)c1cc(Cl)ccn1. The van der Waals surface area contributed by atoms with E-state index < -0.39 is 5.97 Å². The second-order valence-electron chi connectivity index (χ2n) is 4.08. The van der Waals surface area contributed by atoms with Crippen LogP contribution in [0.15, 0.2) is 40.8 Å². The molecule has 0 saturated carbocycles. The molecule has 0 aromatic carbocycles. The molecule has 3 rings (SSSR count). The van der Waals surface area contributed by atoms with Gasteiger partial charge in [0.1, 0.15) is 12.3 Å². The molecule has 0 fully saturated rings. The molecule has 6 nitrogen and oxygen atoms in total. The van der Waals surface area contributed by atoms with Crippen molar-refractivity contribution >= 4 is 33.9 Å². The van der Waals surface area contributed by atoms with Crippen molar-refractivity contribution in [2.75, 3.05) is 0 Å². The van der Waals surface area contributed by atoms with Crippen LogP contribution in [0.5, 0.6) is 0 Å². The fourth-order valence-corrected chi connectivity index (χ4v) is 2.59. The lowest BCUT2D eigenvalue weighted by Gasteiger charge is -2.04. The molecule has 21 heavy (non-hydrogen) atoms. The molecule has 3 heterocycles. The Morgan fingerprint density at radius 2 is 2.29 bits per heavy atom. The summed E-state index contributed by atoms with van der Waals surface area (Å²) in [5, 5.41) is 2.16. The molecule has 0 unspecified atom stereocenters. The highest BCUT2D eigenvalue weighted by Crippen LogP contribution is 2.10. The summed E-state index contributed by atoms with van der Waals surface area (Å²) in [5.41, 5.74) is 0.280. The van der Waals surface area contributed by atoms with Gasteiger partial charge in [-0.05, 0) is 12.1 Å². The Labute approximate surface area is 127 Å². The third kappa shape index (κ3) is 2.93. The molecule has 8 heteroatoms. The molecule has 106 valence electrons. The van der Waals surface area contributed by atoms with Gasteiger partial charge < -0.3 is 4.74 Å². The van der Waals surface area contributed by atoms with Crippen LogP contribution in [0.25, 0.3) is 4.96 Å². The number of carbonyl (C=O) groups excluding carboxylic acids is 1. The predicted molar refractivity (Wildman–Crippen MR) is 77.7 cm³/mol. The third-order valence-electron chi connectivity index (χ3n) is 2.64. The molecule has 0 saturated heterocycles. The number of rotatable bonds is 3. The number of halogens is 1. The van der Waals surface area contributed by atoms with E-state index in [1.807, 2.05) is 0 Å². The molecule has 3 aromatic rings. The van der Waals surface area contributed by atoms with Gasteiger partial charge in [-0.25, -0.2) is 14.8 Å². The molecule has 0 atom stereocenters. The van der Waals surface area contributed by atoms with Crippen LogP contribution in [0, 0.1) is 0 Å². The van der Waals surface area contributed by atoms with E-state index in [9.17, 15) is 9.59 Å². The normalized spacial score (nSPS) is 10.7. The number of esters is 1. The lowest BCUT2D eigenvalue weighted by atomic mass is 10.3. The summed E-state index contributed by atoms with van der Waals surface area (Å²) in [6.07, 6.45) is 3.06. The third-order valence-corrected chi connectivity index (χ3v) is 3.63. The largest absolute Gasteiger partial charge is 0.454 e. The number of carbonyl (C=O) groups is 1. The first kappa shape index (κ1) is 13.7. The predicted octanol–water partition coefficient (Wildman–Crippen LogP) is 2.16. The summed E-state index contributed by atoms with van der Waals surface area (Å²) >= 11 is 7.11. The highest BCUT2D eigenvalue weighted by molar-refractivity contribution is 7.15. The van der Waals surface area contributed by atoms with Crippen molar-refractivity contribution in [2.24, 2.45) is 0 Å². The maximum Gasteiger partial charge on any atom is 0.357 e. The van der Waals surface area contributed by atoms with Gasteiger partial charge in [0.2, 0.25) is 0 Å². The summed E-state index contributed by atoms with van der Waals surface area (Å²) < 4.78 is 6.51. The molecule has 0 N–H and O–H groups in total. The van der Waals surface area contributed by atoms with Gasteiger partial charge in [0.15, 0.2) is 4.96 Å². The average molecular weight is 322 g/mol. The summed E-state index contributed by atoms with van der Waals surface area (Å²) in [4.78, 5) is 32.3. The van der Waals surface area contributed by atoms with Crippen LogP contribution in [-0.2, 0) is 11.3 Å². The highest BCUT2D eigenvalue weighted by Gasteiger charge is 2.11. The Hall–Kier alpha value is -2.25. The van der Waals surface area contributed by atoms with Crippen molar-refractivity contribution in [1.82, 2.24) is 14.4 Å². The minimum absolute atomic E-state index is 0.101. The zero-order valence-corrected chi connectivity index (χ0v) is 12.1. The van der Waals surface area contributed by atoms with Crippen molar-refractivity contribution in [1.29, 1.82) is 0 Å². The molecular weight excluding hydrogens is 314 g/mol. The second-order valence-corrected chi connectivity index (χ2v) is 5.39. The Morgan fingerprint density at radius 1 is 1.43 bits per heavy atom. The van der Waals surface area contributed by atoms with Crippen LogP contribution in [0.1, 0.15) is 16.2 Å². The maximum atomic E-state index is 11.8. The van der Waals surface area contributed by atoms with Crippen LogP contribution in [-0.4, -0.2) is 20.3 Å². The molecule has 0 bridgehead atoms. The van der Waals surface area contributed by atoms with E-state index in [1.54, 1.807) is 17.6 Å².